The van der Waals surface area contributed by atoms with Gasteiger partial charge in [0, 0.05) is 17.7 Å². The molecule has 158 valence electrons. The second-order valence-electron chi connectivity index (χ2n) is 7.67. The Labute approximate surface area is 176 Å². The first-order valence-electron chi connectivity index (χ1n) is 10.2. The normalized spacial score (nSPS) is 19.8. The molecule has 2 aromatic rings. The van der Waals surface area contributed by atoms with Crippen molar-refractivity contribution in [1.82, 2.24) is 4.90 Å². The summed E-state index contributed by atoms with van der Waals surface area (Å²) >= 11 is 0. The van der Waals surface area contributed by atoms with Gasteiger partial charge in [0.05, 0.1) is 31.6 Å². The average Bonchev–Trinajstić information content (AvgIpc) is 3.26. The maximum atomic E-state index is 13.5. The lowest BCUT2D eigenvalue weighted by molar-refractivity contribution is -0.125. The number of methoxy groups -OCH3 is 2. The molecule has 0 aromatic heterocycles. The molecule has 1 fully saturated rings. The molecule has 2 aliphatic rings. The number of amides is 2. The Hall–Kier alpha value is -3.06. The van der Waals surface area contributed by atoms with Gasteiger partial charge in [-0.05, 0) is 44.5 Å². The standard InChI is InChI=1S/C23H27N3O4/c1-15(23(28)26-14-22(27)24-18-7-4-5-8-20(18)26)25-12-6-9-19(25)17-11-10-16(29-2)13-21(17)30-3/h4-5,7-8,10-11,13,15,19H,6,9,12,14H2,1-3H3,(H,24,27)/t15-,19-/m1/s1. The van der Waals surface area contributed by atoms with Crippen LogP contribution in [0, 0.1) is 0 Å². The molecule has 2 aliphatic heterocycles. The van der Waals surface area contributed by atoms with E-state index in [1.807, 2.05) is 49.4 Å². The SMILES string of the molecule is COc1ccc([C@H]2CCCN2[C@H](C)C(=O)N2CC(=O)Nc3ccccc32)c(OC)c1. The summed E-state index contributed by atoms with van der Waals surface area (Å²) in [5.41, 5.74) is 2.46. The number of para-hydroxylation sites is 2. The minimum atomic E-state index is -0.372. The monoisotopic (exact) mass is 409 g/mol. The van der Waals surface area contributed by atoms with Crippen molar-refractivity contribution in [1.29, 1.82) is 0 Å². The molecule has 0 radical (unpaired) electrons. The Balaban J connectivity index is 1.61. The third kappa shape index (κ3) is 3.61. The quantitative estimate of drug-likeness (QED) is 0.821. The maximum Gasteiger partial charge on any atom is 0.244 e. The van der Waals surface area contributed by atoms with Crippen LogP contribution in [0.1, 0.15) is 31.4 Å². The number of fused-ring (bicyclic) bond motifs is 1. The van der Waals surface area contributed by atoms with Crippen molar-refractivity contribution in [3.8, 4) is 11.5 Å². The summed E-state index contributed by atoms with van der Waals surface area (Å²) in [6, 6.07) is 12.9. The summed E-state index contributed by atoms with van der Waals surface area (Å²) < 4.78 is 10.9. The number of ether oxygens (including phenoxy) is 2. The number of anilines is 2. The smallest absolute Gasteiger partial charge is 0.244 e. The van der Waals surface area contributed by atoms with Crippen LogP contribution >= 0.6 is 0 Å². The Morgan fingerprint density at radius 3 is 2.73 bits per heavy atom. The molecule has 7 nitrogen and oxygen atoms in total. The van der Waals surface area contributed by atoms with Crippen molar-refractivity contribution in [2.24, 2.45) is 0 Å². The number of nitrogens with zero attached hydrogens (tertiary/aromatic N) is 2. The summed E-state index contributed by atoms with van der Waals surface area (Å²) in [4.78, 5) is 29.5. The number of benzene rings is 2. The van der Waals surface area contributed by atoms with Crippen LogP contribution in [0.5, 0.6) is 11.5 Å². The van der Waals surface area contributed by atoms with E-state index in [0.717, 1.165) is 42.1 Å². The van der Waals surface area contributed by atoms with Gasteiger partial charge in [0.25, 0.3) is 0 Å². The van der Waals surface area contributed by atoms with Crippen molar-refractivity contribution in [3.63, 3.8) is 0 Å². The topological polar surface area (TPSA) is 71.1 Å². The fourth-order valence-electron chi connectivity index (χ4n) is 4.48. The molecule has 4 rings (SSSR count). The van der Waals surface area contributed by atoms with E-state index in [1.54, 1.807) is 19.1 Å². The molecule has 0 saturated carbocycles. The van der Waals surface area contributed by atoms with Crippen LogP contribution in [0.2, 0.25) is 0 Å². The van der Waals surface area contributed by atoms with E-state index in [4.69, 9.17) is 9.47 Å². The van der Waals surface area contributed by atoms with E-state index < -0.39 is 0 Å². The third-order valence-corrected chi connectivity index (χ3v) is 5.99. The molecule has 1 N–H and O–H groups in total. The van der Waals surface area contributed by atoms with Crippen molar-refractivity contribution in [2.75, 3.05) is 37.5 Å². The number of hydrogen-bond donors (Lipinski definition) is 1. The van der Waals surface area contributed by atoms with E-state index in [1.165, 1.54) is 0 Å². The highest BCUT2D eigenvalue weighted by atomic mass is 16.5. The van der Waals surface area contributed by atoms with Gasteiger partial charge < -0.3 is 14.8 Å². The first kappa shape index (κ1) is 20.2. The van der Waals surface area contributed by atoms with Crippen molar-refractivity contribution in [2.45, 2.75) is 31.8 Å². The zero-order chi connectivity index (χ0) is 21.3. The van der Waals surface area contributed by atoms with Gasteiger partial charge in [-0.3, -0.25) is 19.4 Å². The maximum absolute atomic E-state index is 13.5. The van der Waals surface area contributed by atoms with Crippen LogP contribution in [-0.2, 0) is 9.59 Å². The molecule has 2 aromatic carbocycles. The minimum absolute atomic E-state index is 0.0323. The molecule has 2 heterocycles. The molecule has 7 heteroatoms. The highest BCUT2D eigenvalue weighted by Gasteiger charge is 2.38. The molecule has 0 bridgehead atoms. The van der Waals surface area contributed by atoms with Crippen LogP contribution in [0.4, 0.5) is 11.4 Å². The number of carbonyl (C=O) groups excluding carboxylic acids is 2. The average molecular weight is 409 g/mol. The number of hydrogen-bond acceptors (Lipinski definition) is 5. The molecule has 0 unspecified atom stereocenters. The Morgan fingerprint density at radius 1 is 1.17 bits per heavy atom. The highest BCUT2D eigenvalue weighted by Crippen LogP contribution is 2.40. The first-order valence-corrected chi connectivity index (χ1v) is 10.2. The number of carbonyl (C=O) groups is 2. The number of rotatable bonds is 5. The Morgan fingerprint density at radius 2 is 1.97 bits per heavy atom. The first-order chi connectivity index (χ1) is 14.5. The van der Waals surface area contributed by atoms with Gasteiger partial charge in [-0.1, -0.05) is 18.2 Å². The lowest BCUT2D eigenvalue weighted by Crippen LogP contribution is -2.51. The number of likely N-dealkylation sites (tertiary alicyclic amines) is 1. The van der Waals surface area contributed by atoms with E-state index in [2.05, 4.69) is 10.2 Å². The fraction of sp³-hybridized carbons (Fsp3) is 0.391. The zero-order valence-corrected chi connectivity index (χ0v) is 17.6. The van der Waals surface area contributed by atoms with Gasteiger partial charge in [0.15, 0.2) is 0 Å². The molecule has 0 spiro atoms. The van der Waals surface area contributed by atoms with Gasteiger partial charge in [0.1, 0.15) is 18.0 Å². The third-order valence-electron chi connectivity index (χ3n) is 5.99. The van der Waals surface area contributed by atoms with E-state index >= 15 is 0 Å². The molecule has 0 aliphatic carbocycles. The molecular formula is C23H27N3O4. The van der Waals surface area contributed by atoms with E-state index in [-0.39, 0.29) is 30.4 Å². The molecule has 30 heavy (non-hydrogen) atoms. The van der Waals surface area contributed by atoms with Gasteiger partial charge in [0.2, 0.25) is 11.8 Å². The minimum Gasteiger partial charge on any atom is -0.497 e. The van der Waals surface area contributed by atoms with Crippen LogP contribution in [-0.4, -0.2) is 50.1 Å². The van der Waals surface area contributed by atoms with E-state index in [9.17, 15) is 9.59 Å². The largest absolute Gasteiger partial charge is 0.497 e. The molecular weight excluding hydrogens is 382 g/mol. The lowest BCUT2D eigenvalue weighted by atomic mass is 10.0. The van der Waals surface area contributed by atoms with Gasteiger partial charge in [-0.25, -0.2) is 0 Å². The van der Waals surface area contributed by atoms with Crippen LogP contribution in [0.15, 0.2) is 42.5 Å². The van der Waals surface area contributed by atoms with Crippen molar-refractivity contribution in [3.05, 3.63) is 48.0 Å². The van der Waals surface area contributed by atoms with Crippen molar-refractivity contribution >= 4 is 23.2 Å². The van der Waals surface area contributed by atoms with Crippen LogP contribution in [0.3, 0.4) is 0 Å². The Bertz CT molecular complexity index is 961. The lowest BCUT2D eigenvalue weighted by Gasteiger charge is -2.36. The predicted octanol–water partition coefficient (Wildman–Crippen LogP) is 3.21. The highest BCUT2D eigenvalue weighted by molar-refractivity contribution is 6.11. The predicted molar refractivity (Wildman–Crippen MR) is 115 cm³/mol. The summed E-state index contributed by atoms with van der Waals surface area (Å²) in [6.07, 6.45) is 1.94. The van der Waals surface area contributed by atoms with Gasteiger partial charge in [-0.15, -0.1) is 0 Å². The summed E-state index contributed by atoms with van der Waals surface area (Å²) in [7, 11) is 3.28. The van der Waals surface area contributed by atoms with Crippen molar-refractivity contribution < 1.29 is 19.1 Å². The summed E-state index contributed by atoms with van der Waals surface area (Å²) in [5, 5.41) is 2.84. The fourth-order valence-corrected chi connectivity index (χ4v) is 4.48. The molecule has 1 saturated heterocycles. The summed E-state index contributed by atoms with van der Waals surface area (Å²) in [6.45, 7) is 2.77. The second-order valence-corrected chi connectivity index (χ2v) is 7.67. The number of nitrogens with one attached hydrogen (secondary N) is 1. The van der Waals surface area contributed by atoms with Gasteiger partial charge in [-0.2, -0.15) is 0 Å². The summed E-state index contributed by atoms with van der Waals surface area (Å²) in [5.74, 6) is 1.24. The zero-order valence-electron chi connectivity index (χ0n) is 17.6. The van der Waals surface area contributed by atoms with Crippen LogP contribution in [0.25, 0.3) is 0 Å². The second kappa shape index (κ2) is 8.36. The molecule has 2 atom stereocenters. The van der Waals surface area contributed by atoms with E-state index in [0.29, 0.717) is 5.69 Å². The van der Waals surface area contributed by atoms with Gasteiger partial charge >= 0.3 is 0 Å². The molecule has 2 amide bonds. The Kier molecular flexibility index (Phi) is 5.63. The van der Waals surface area contributed by atoms with Crippen LogP contribution < -0.4 is 19.7 Å².